The van der Waals surface area contributed by atoms with Crippen molar-refractivity contribution in [1.82, 2.24) is 15.1 Å². The van der Waals surface area contributed by atoms with Crippen LogP contribution >= 0.6 is 0 Å². The lowest BCUT2D eigenvalue weighted by atomic mass is 10.1. The summed E-state index contributed by atoms with van der Waals surface area (Å²) in [5, 5.41) is 7.76. The molecule has 0 aliphatic heterocycles. The molecule has 0 atom stereocenters. The molecular weight excluding hydrogens is 238 g/mol. The molecule has 2 rings (SSSR count). The molecule has 0 aliphatic carbocycles. The Bertz CT molecular complexity index is 467. The van der Waals surface area contributed by atoms with Gasteiger partial charge >= 0.3 is 0 Å². The van der Waals surface area contributed by atoms with Gasteiger partial charge in [-0.3, -0.25) is 4.68 Å². The third-order valence-electron chi connectivity index (χ3n) is 2.96. The van der Waals surface area contributed by atoms with Gasteiger partial charge in [-0.25, -0.2) is 0 Å². The third-order valence-corrected chi connectivity index (χ3v) is 2.96. The molecule has 2 aromatic rings. The Morgan fingerprint density at radius 3 is 2.79 bits per heavy atom. The summed E-state index contributed by atoms with van der Waals surface area (Å²) in [5.41, 5.74) is 2.38. The number of nitrogens with zero attached hydrogens (tertiary/aromatic N) is 2. The van der Waals surface area contributed by atoms with Crippen molar-refractivity contribution in [3.05, 3.63) is 42.7 Å². The van der Waals surface area contributed by atoms with E-state index in [-0.39, 0.29) is 0 Å². The van der Waals surface area contributed by atoms with Gasteiger partial charge in [-0.15, -0.1) is 0 Å². The lowest BCUT2D eigenvalue weighted by molar-refractivity contribution is 0.194. The van der Waals surface area contributed by atoms with Gasteiger partial charge in [-0.05, 0) is 18.5 Å². The van der Waals surface area contributed by atoms with Gasteiger partial charge < -0.3 is 10.1 Å². The van der Waals surface area contributed by atoms with Crippen LogP contribution < -0.4 is 5.32 Å². The van der Waals surface area contributed by atoms with E-state index in [9.17, 15) is 0 Å². The molecule has 0 fully saturated rings. The largest absolute Gasteiger partial charge is 0.385 e. The molecule has 102 valence electrons. The van der Waals surface area contributed by atoms with Crippen LogP contribution in [0.1, 0.15) is 6.42 Å². The summed E-state index contributed by atoms with van der Waals surface area (Å²) in [5.74, 6) is 0. The topological polar surface area (TPSA) is 39.1 Å². The van der Waals surface area contributed by atoms with Crippen molar-refractivity contribution in [3.63, 3.8) is 0 Å². The highest BCUT2D eigenvalue weighted by molar-refractivity contribution is 5.61. The van der Waals surface area contributed by atoms with E-state index >= 15 is 0 Å². The summed E-state index contributed by atoms with van der Waals surface area (Å²) >= 11 is 0. The molecule has 1 aromatic carbocycles. The minimum absolute atomic E-state index is 0.812. The van der Waals surface area contributed by atoms with E-state index in [1.807, 2.05) is 29.1 Å². The third kappa shape index (κ3) is 4.50. The van der Waals surface area contributed by atoms with Crippen molar-refractivity contribution in [1.29, 1.82) is 0 Å². The molecule has 4 nitrogen and oxygen atoms in total. The Morgan fingerprint density at radius 1 is 1.16 bits per heavy atom. The molecule has 1 heterocycles. The smallest absolute Gasteiger partial charge is 0.0568 e. The van der Waals surface area contributed by atoms with E-state index < -0.39 is 0 Å². The fourth-order valence-corrected chi connectivity index (χ4v) is 1.93. The van der Waals surface area contributed by atoms with E-state index in [0.717, 1.165) is 32.7 Å². The minimum Gasteiger partial charge on any atom is -0.385 e. The number of hydrogen-bond acceptors (Lipinski definition) is 3. The number of ether oxygens (including phenoxy) is 1. The standard InChI is InChI=1S/C15H21N3O/c1-19-11-5-8-16-9-10-18-13-15(12-17-18)14-6-3-2-4-7-14/h2-4,6-7,12-13,16H,5,8-11H2,1H3. The summed E-state index contributed by atoms with van der Waals surface area (Å²) in [4.78, 5) is 0. The Kier molecular flexibility index (Phi) is 5.59. The number of benzene rings is 1. The van der Waals surface area contributed by atoms with E-state index in [2.05, 4.69) is 28.7 Å². The zero-order chi connectivity index (χ0) is 13.3. The second kappa shape index (κ2) is 7.71. The average Bonchev–Trinajstić information content (AvgIpc) is 2.92. The first-order chi connectivity index (χ1) is 9.40. The van der Waals surface area contributed by atoms with Crippen molar-refractivity contribution in [2.75, 3.05) is 26.8 Å². The molecule has 0 saturated heterocycles. The van der Waals surface area contributed by atoms with Crippen LogP contribution in [-0.4, -0.2) is 36.6 Å². The van der Waals surface area contributed by atoms with Crippen LogP contribution in [0.4, 0.5) is 0 Å². The summed E-state index contributed by atoms with van der Waals surface area (Å²) in [6.07, 6.45) is 5.05. The van der Waals surface area contributed by atoms with Crippen LogP contribution in [0.3, 0.4) is 0 Å². The fourth-order valence-electron chi connectivity index (χ4n) is 1.93. The molecule has 0 aliphatic rings. The summed E-state index contributed by atoms with van der Waals surface area (Å²) in [7, 11) is 1.73. The van der Waals surface area contributed by atoms with Crippen molar-refractivity contribution in [2.24, 2.45) is 0 Å². The first kappa shape index (κ1) is 13.8. The monoisotopic (exact) mass is 259 g/mol. The number of hydrogen-bond donors (Lipinski definition) is 1. The summed E-state index contributed by atoms with van der Waals surface area (Å²) < 4.78 is 6.98. The average molecular weight is 259 g/mol. The van der Waals surface area contributed by atoms with Crippen molar-refractivity contribution >= 4 is 0 Å². The predicted molar refractivity (Wildman–Crippen MR) is 77.0 cm³/mol. The Hall–Kier alpha value is -1.65. The molecule has 19 heavy (non-hydrogen) atoms. The highest BCUT2D eigenvalue weighted by Gasteiger charge is 2.00. The van der Waals surface area contributed by atoms with Gasteiger partial charge in [0.2, 0.25) is 0 Å². The van der Waals surface area contributed by atoms with Crippen LogP contribution in [0.25, 0.3) is 11.1 Å². The quantitative estimate of drug-likeness (QED) is 0.739. The van der Waals surface area contributed by atoms with Gasteiger partial charge in [-0.2, -0.15) is 5.10 Å². The Labute approximate surface area is 114 Å². The maximum atomic E-state index is 5.00. The number of rotatable bonds is 8. The van der Waals surface area contributed by atoms with E-state index in [0.29, 0.717) is 0 Å². The second-order valence-corrected chi connectivity index (χ2v) is 4.45. The fraction of sp³-hybridized carbons (Fsp3) is 0.400. The van der Waals surface area contributed by atoms with Gasteiger partial charge in [0.15, 0.2) is 0 Å². The van der Waals surface area contributed by atoms with Crippen molar-refractivity contribution in [3.8, 4) is 11.1 Å². The molecule has 0 saturated carbocycles. The zero-order valence-electron chi connectivity index (χ0n) is 11.4. The predicted octanol–water partition coefficient (Wildman–Crippen LogP) is 2.18. The number of nitrogens with one attached hydrogen (secondary N) is 1. The normalized spacial score (nSPS) is 10.8. The minimum atomic E-state index is 0.812. The van der Waals surface area contributed by atoms with Crippen molar-refractivity contribution in [2.45, 2.75) is 13.0 Å². The van der Waals surface area contributed by atoms with E-state index in [1.165, 1.54) is 11.1 Å². The highest BCUT2D eigenvalue weighted by Crippen LogP contribution is 2.17. The lowest BCUT2D eigenvalue weighted by Crippen LogP contribution is -2.22. The second-order valence-electron chi connectivity index (χ2n) is 4.45. The molecule has 0 amide bonds. The molecule has 4 heteroatoms. The first-order valence-corrected chi connectivity index (χ1v) is 6.67. The van der Waals surface area contributed by atoms with Gasteiger partial charge in [0.05, 0.1) is 12.7 Å². The van der Waals surface area contributed by atoms with Crippen molar-refractivity contribution < 1.29 is 4.74 Å². The first-order valence-electron chi connectivity index (χ1n) is 6.67. The molecule has 1 aromatic heterocycles. The van der Waals surface area contributed by atoms with E-state index in [4.69, 9.17) is 4.74 Å². The maximum Gasteiger partial charge on any atom is 0.0568 e. The molecule has 0 unspecified atom stereocenters. The van der Waals surface area contributed by atoms with Gasteiger partial charge in [-0.1, -0.05) is 30.3 Å². The van der Waals surface area contributed by atoms with Crippen LogP contribution in [0.5, 0.6) is 0 Å². The lowest BCUT2D eigenvalue weighted by Gasteiger charge is -2.04. The number of methoxy groups -OCH3 is 1. The van der Waals surface area contributed by atoms with Gasteiger partial charge in [0.1, 0.15) is 0 Å². The summed E-state index contributed by atoms with van der Waals surface area (Å²) in [6, 6.07) is 10.3. The molecule has 0 radical (unpaired) electrons. The van der Waals surface area contributed by atoms with Crippen LogP contribution in [0.15, 0.2) is 42.7 Å². The maximum absolute atomic E-state index is 5.00. The van der Waals surface area contributed by atoms with E-state index in [1.54, 1.807) is 7.11 Å². The Morgan fingerprint density at radius 2 is 2.00 bits per heavy atom. The zero-order valence-corrected chi connectivity index (χ0v) is 11.4. The van der Waals surface area contributed by atoms with Gasteiger partial charge in [0.25, 0.3) is 0 Å². The molecular formula is C15H21N3O. The van der Waals surface area contributed by atoms with Crippen LogP contribution in [-0.2, 0) is 11.3 Å². The Balaban J connectivity index is 1.75. The van der Waals surface area contributed by atoms with Crippen LogP contribution in [0, 0.1) is 0 Å². The molecule has 0 spiro atoms. The SMILES string of the molecule is COCCCNCCn1cc(-c2ccccc2)cn1. The van der Waals surface area contributed by atoms with Crippen LogP contribution in [0.2, 0.25) is 0 Å². The van der Waals surface area contributed by atoms with Gasteiger partial charge in [0, 0.05) is 32.0 Å². The number of aromatic nitrogens is 2. The highest BCUT2D eigenvalue weighted by atomic mass is 16.5. The molecule has 1 N–H and O–H groups in total. The molecule has 0 bridgehead atoms. The summed E-state index contributed by atoms with van der Waals surface area (Å²) in [6.45, 7) is 3.62.